The highest BCUT2D eigenvalue weighted by Crippen LogP contribution is 2.23. The van der Waals surface area contributed by atoms with Crippen LogP contribution in [0.3, 0.4) is 0 Å². The zero-order chi connectivity index (χ0) is 14.8. The van der Waals surface area contributed by atoms with E-state index in [4.69, 9.17) is 5.11 Å². The molecule has 2 rings (SSSR count). The first-order chi connectivity index (χ1) is 9.39. The minimum atomic E-state index is -3.10. The standard InChI is InChI=1S/C13H19NO4S2/c1-2-11-3-4-12(19-11)8-14-5-6-20(17,18)9-10(14)7-13(15)16/h3-4,10H,2,5-9H2,1H3,(H,15,16). The van der Waals surface area contributed by atoms with Gasteiger partial charge >= 0.3 is 5.97 Å². The van der Waals surface area contributed by atoms with E-state index < -0.39 is 21.8 Å². The molecule has 1 aromatic heterocycles. The van der Waals surface area contributed by atoms with E-state index in [1.54, 1.807) is 11.3 Å². The maximum atomic E-state index is 11.7. The summed E-state index contributed by atoms with van der Waals surface area (Å²) < 4.78 is 23.3. The maximum absolute atomic E-state index is 11.7. The number of aryl methyl sites for hydroxylation is 1. The van der Waals surface area contributed by atoms with Gasteiger partial charge in [0, 0.05) is 28.9 Å². The quantitative estimate of drug-likeness (QED) is 0.888. The Kier molecular flexibility index (Phi) is 4.82. The summed E-state index contributed by atoms with van der Waals surface area (Å²) in [7, 11) is -3.10. The summed E-state index contributed by atoms with van der Waals surface area (Å²) in [5.74, 6) is -0.877. The summed E-state index contributed by atoms with van der Waals surface area (Å²) in [5.41, 5.74) is 0. The Morgan fingerprint density at radius 3 is 2.75 bits per heavy atom. The van der Waals surface area contributed by atoms with Crippen LogP contribution in [0, 0.1) is 0 Å². The predicted octanol–water partition coefficient (Wildman–Crippen LogP) is 1.38. The smallest absolute Gasteiger partial charge is 0.304 e. The van der Waals surface area contributed by atoms with E-state index >= 15 is 0 Å². The highest BCUT2D eigenvalue weighted by molar-refractivity contribution is 7.91. The van der Waals surface area contributed by atoms with Crippen LogP contribution in [-0.2, 0) is 27.6 Å². The second-order valence-corrected chi connectivity index (χ2v) is 8.54. The molecule has 1 unspecified atom stereocenters. The second kappa shape index (κ2) is 6.24. The summed E-state index contributed by atoms with van der Waals surface area (Å²) in [6, 6.07) is 3.70. The second-order valence-electron chi connectivity index (χ2n) is 5.06. The van der Waals surface area contributed by atoms with Gasteiger partial charge in [0.2, 0.25) is 0 Å². The van der Waals surface area contributed by atoms with Crippen LogP contribution < -0.4 is 0 Å². The number of carboxylic acid groups (broad SMARTS) is 1. The molecule has 1 atom stereocenters. The van der Waals surface area contributed by atoms with Crippen LogP contribution in [0.15, 0.2) is 12.1 Å². The van der Waals surface area contributed by atoms with E-state index in [0.29, 0.717) is 13.1 Å². The molecule has 0 aromatic carbocycles. The first-order valence-corrected chi connectivity index (χ1v) is 9.27. The fourth-order valence-electron chi connectivity index (χ4n) is 2.42. The van der Waals surface area contributed by atoms with Gasteiger partial charge in [0.25, 0.3) is 0 Å². The first kappa shape index (κ1) is 15.5. The van der Waals surface area contributed by atoms with Gasteiger partial charge in [-0.2, -0.15) is 0 Å². The minimum Gasteiger partial charge on any atom is -0.481 e. The zero-order valence-corrected chi connectivity index (χ0v) is 13.0. The molecule has 0 bridgehead atoms. The molecule has 1 N–H and O–H groups in total. The highest BCUT2D eigenvalue weighted by Gasteiger charge is 2.32. The van der Waals surface area contributed by atoms with Gasteiger partial charge in [0.05, 0.1) is 17.9 Å². The normalized spacial score (nSPS) is 22.8. The molecule has 5 nitrogen and oxygen atoms in total. The lowest BCUT2D eigenvalue weighted by Gasteiger charge is -2.34. The molecule has 1 fully saturated rings. The molecule has 20 heavy (non-hydrogen) atoms. The summed E-state index contributed by atoms with van der Waals surface area (Å²) in [6.07, 6.45) is 0.864. The van der Waals surface area contributed by atoms with Gasteiger partial charge in [-0.25, -0.2) is 8.42 Å². The fraction of sp³-hybridized carbons (Fsp3) is 0.615. The zero-order valence-electron chi connectivity index (χ0n) is 11.4. The molecule has 0 spiro atoms. The molecule has 1 aliphatic rings. The summed E-state index contributed by atoms with van der Waals surface area (Å²) in [5, 5.41) is 8.94. The Labute approximate surface area is 123 Å². The predicted molar refractivity (Wildman–Crippen MR) is 78.8 cm³/mol. The maximum Gasteiger partial charge on any atom is 0.304 e. The molecule has 1 aromatic rings. The Hall–Kier alpha value is -0.920. The minimum absolute atomic E-state index is 0.0503. The van der Waals surface area contributed by atoms with E-state index in [9.17, 15) is 13.2 Å². The largest absolute Gasteiger partial charge is 0.481 e. The van der Waals surface area contributed by atoms with Crippen molar-refractivity contribution in [1.82, 2.24) is 4.90 Å². The Balaban J connectivity index is 2.09. The van der Waals surface area contributed by atoms with Crippen LogP contribution in [0.5, 0.6) is 0 Å². The molecule has 1 aliphatic heterocycles. The van der Waals surface area contributed by atoms with Crippen molar-refractivity contribution in [3.8, 4) is 0 Å². The van der Waals surface area contributed by atoms with Gasteiger partial charge in [-0.1, -0.05) is 6.92 Å². The molecule has 2 heterocycles. The Morgan fingerprint density at radius 1 is 1.45 bits per heavy atom. The number of carbonyl (C=O) groups is 1. The lowest BCUT2D eigenvalue weighted by Crippen LogP contribution is -2.48. The third kappa shape index (κ3) is 4.04. The van der Waals surface area contributed by atoms with Crippen molar-refractivity contribution in [3.63, 3.8) is 0 Å². The van der Waals surface area contributed by atoms with Crippen molar-refractivity contribution in [2.45, 2.75) is 32.4 Å². The fourth-order valence-corrected chi connectivity index (χ4v) is 4.99. The molecule has 0 amide bonds. The average Bonchev–Trinajstić information content (AvgIpc) is 2.79. The number of hydrogen-bond acceptors (Lipinski definition) is 5. The topological polar surface area (TPSA) is 74.7 Å². The average molecular weight is 317 g/mol. The van der Waals surface area contributed by atoms with Crippen LogP contribution in [0.1, 0.15) is 23.1 Å². The number of thiophene rings is 1. The number of carboxylic acids is 1. The van der Waals surface area contributed by atoms with Crippen molar-refractivity contribution in [2.75, 3.05) is 18.1 Å². The number of sulfone groups is 1. The van der Waals surface area contributed by atoms with E-state index in [0.717, 1.165) is 11.3 Å². The number of hydrogen-bond donors (Lipinski definition) is 1. The monoisotopic (exact) mass is 317 g/mol. The van der Waals surface area contributed by atoms with Crippen LogP contribution in [0.2, 0.25) is 0 Å². The third-order valence-corrected chi connectivity index (χ3v) is 6.40. The lowest BCUT2D eigenvalue weighted by atomic mass is 10.2. The Morgan fingerprint density at radius 2 is 2.15 bits per heavy atom. The van der Waals surface area contributed by atoms with Crippen molar-refractivity contribution >= 4 is 27.1 Å². The third-order valence-electron chi connectivity index (χ3n) is 3.49. The summed E-state index contributed by atoms with van der Waals surface area (Å²) >= 11 is 1.71. The van der Waals surface area contributed by atoms with Crippen molar-refractivity contribution < 1.29 is 18.3 Å². The van der Waals surface area contributed by atoms with Crippen LogP contribution in [-0.4, -0.2) is 48.5 Å². The number of rotatable bonds is 5. The Bertz CT molecular complexity index is 579. The van der Waals surface area contributed by atoms with Crippen molar-refractivity contribution in [3.05, 3.63) is 21.9 Å². The summed E-state index contributed by atoms with van der Waals surface area (Å²) in [6.45, 7) is 3.15. The SMILES string of the molecule is CCc1ccc(CN2CCS(=O)(=O)CC2CC(=O)O)s1. The van der Waals surface area contributed by atoms with Crippen molar-refractivity contribution in [1.29, 1.82) is 0 Å². The van der Waals surface area contributed by atoms with Gasteiger partial charge in [0.15, 0.2) is 9.84 Å². The number of nitrogens with zero attached hydrogens (tertiary/aromatic N) is 1. The van der Waals surface area contributed by atoms with E-state index in [-0.39, 0.29) is 17.9 Å². The van der Waals surface area contributed by atoms with Crippen molar-refractivity contribution in [2.24, 2.45) is 0 Å². The van der Waals surface area contributed by atoms with Crippen LogP contribution in [0.25, 0.3) is 0 Å². The molecule has 0 saturated carbocycles. The van der Waals surface area contributed by atoms with Gasteiger partial charge in [-0.05, 0) is 18.6 Å². The lowest BCUT2D eigenvalue weighted by molar-refractivity contribution is -0.138. The van der Waals surface area contributed by atoms with E-state index in [1.807, 2.05) is 11.0 Å². The van der Waals surface area contributed by atoms with Crippen LogP contribution >= 0.6 is 11.3 Å². The van der Waals surface area contributed by atoms with Gasteiger partial charge in [-0.3, -0.25) is 9.69 Å². The van der Waals surface area contributed by atoms with Gasteiger partial charge in [0.1, 0.15) is 0 Å². The molecular weight excluding hydrogens is 298 g/mol. The number of aliphatic carboxylic acids is 1. The van der Waals surface area contributed by atoms with Crippen LogP contribution in [0.4, 0.5) is 0 Å². The molecule has 112 valence electrons. The molecule has 0 aliphatic carbocycles. The molecule has 1 saturated heterocycles. The van der Waals surface area contributed by atoms with Gasteiger partial charge < -0.3 is 5.11 Å². The summed E-state index contributed by atoms with van der Waals surface area (Å²) in [4.78, 5) is 15.3. The van der Waals surface area contributed by atoms with E-state index in [1.165, 1.54) is 4.88 Å². The van der Waals surface area contributed by atoms with Gasteiger partial charge in [-0.15, -0.1) is 11.3 Å². The first-order valence-electron chi connectivity index (χ1n) is 6.63. The molecular formula is C13H19NO4S2. The molecule has 0 radical (unpaired) electrons. The highest BCUT2D eigenvalue weighted by atomic mass is 32.2. The molecule has 7 heteroatoms. The van der Waals surface area contributed by atoms with E-state index in [2.05, 4.69) is 13.0 Å².